The highest BCUT2D eigenvalue weighted by atomic mass is 19.1. The van der Waals surface area contributed by atoms with Crippen molar-refractivity contribution in [3.63, 3.8) is 0 Å². The molecule has 0 unspecified atom stereocenters. The van der Waals surface area contributed by atoms with Crippen molar-refractivity contribution < 1.29 is 19.0 Å². The van der Waals surface area contributed by atoms with Gasteiger partial charge in [-0.1, -0.05) is 0 Å². The number of carbonyl (C=O) groups is 1. The predicted molar refractivity (Wildman–Crippen MR) is 62.4 cm³/mol. The van der Waals surface area contributed by atoms with Gasteiger partial charge in [0.15, 0.2) is 0 Å². The lowest BCUT2D eigenvalue weighted by Gasteiger charge is -2.10. The number of pyridine rings is 1. The molecule has 5 heteroatoms. The molecule has 18 heavy (non-hydrogen) atoms. The average Bonchev–Trinajstić information content (AvgIpc) is 2.32. The Labute approximate surface area is 103 Å². The molecule has 2 aromatic rings. The highest BCUT2D eigenvalue weighted by molar-refractivity contribution is 5.91. The standard InChI is InChI=1S/C13H10FNO3/c1-8-7-15-5-4-11(8)18-12-6-9(14)2-3-10(12)13(16)17/h2-7H,1H3,(H,16,17). The molecule has 0 bridgehead atoms. The van der Waals surface area contributed by atoms with Gasteiger partial charge >= 0.3 is 5.97 Å². The van der Waals surface area contributed by atoms with E-state index in [-0.39, 0.29) is 11.3 Å². The maximum atomic E-state index is 13.1. The van der Waals surface area contributed by atoms with Crippen molar-refractivity contribution in [1.29, 1.82) is 0 Å². The van der Waals surface area contributed by atoms with Crippen molar-refractivity contribution >= 4 is 5.97 Å². The number of carboxylic acids is 1. The van der Waals surface area contributed by atoms with Crippen LogP contribution in [0.4, 0.5) is 4.39 Å². The van der Waals surface area contributed by atoms with Gasteiger partial charge in [0.25, 0.3) is 0 Å². The van der Waals surface area contributed by atoms with E-state index < -0.39 is 11.8 Å². The fraction of sp³-hybridized carbons (Fsp3) is 0.0769. The molecule has 4 nitrogen and oxygen atoms in total. The Morgan fingerprint density at radius 2 is 2.11 bits per heavy atom. The van der Waals surface area contributed by atoms with Gasteiger partial charge in [0.05, 0.1) is 0 Å². The summed E-state index contributed by atoms with van der Waals surface area (Å²) in [7, 11) is 0. The molecule has 0 aliphatic rings. The van der Waals surface area contributed by atoms with E-state index in [9.17, 15) is 9.18 Å². The van der Waals surface area contributed by atoms with Crippen LogP contribution in [-0.4, -0.2) is 16.1 Å². The van der Waals surface area contributed by atoms with Crippen LogP contribution in [0, 0.1) is 12.7 Å². The molecular weight excluding hydrogens is 237 g/mol. The fourth-order valence-corrected chi connectivity index (χ4v) is 1.45. The fourth-order valence-electron chi connectivity index (χ4n) is 1.45. The number of aromatic carboxylic acids is 1. The second-order valence-corrected chi connectivity index (χ2v) is 3.69. The van der Waals surface area contributed by atoms with E-state index in [2.05, 4.69) is 4.98 Å². The summed E-state index contributed by atoms with van der Waals surface area (Å²) in [6, 6.07) is 4.88. The molecule has 1 heterocycles. The second-order valence-electron chi connectivity index (χ2n) is 3.69. The molecule has 92 valence electrons. The summed E-state index contributed by atoms with van der Waals surface area (Å²) in [6.07, 6.45) is 3.09. The minimum absolute atomic E-state index is 0.0307. The number of aryl methyl sites for hydroxylation is 1. The van der Waals surface area contributed by atoms with Crippen molar-refractivity contribution in [1.82, 2.24) is 4.98 Å². The molecule has 0 saturated heterocycles. The lowest BCUT2D eigenvalue weighted by Crippen LogP contribution is -2.01. The third-order valence-electron chi connectivity index (χ3n) is 2.36. The minimum Gasteiger partial charge on any atom is -0.478 e. The highest BCUT2D eigenvalue weighted by Crippen LogP contribution is 2.28. The number of carboxylic acid groups (broad SMARTS) is 1. The summed E-state index contributed by atoms with van der Waals surface area (Å²) in [5.74, 6) is -1.31. The topological polar surface area (TPSA) is 59.4 Å². The first-order valence-electron chi connectivity index (χ1n) is 5.19. The molecule has 2 rings (SSSR count). The number of hydrogen-bond acceptors (Lipinski definition) is 3. The van der Waals surface area contributed by atoms with Crippen molar-refractivity contribution in [3.8, 4) is 11.5 Å². The van der Waals surface area contributed by atoms with Crippen LogP contribution in [0.1, 0.15) is 15.9 Å². The smallest absolute Gasteiger partial charge is 0.339 e. The van der Waals surface area contributed by atoms with E-state index in [0.717, 1.165) is 17.7 Å². The number of halogens is 1. The summed E-state index contributed by atoms with van der Waals surface area (Å²) in [4.78, 5) is 14.9. The van der Waals surface area contributed by atoms with Gasteiger partial charge in [-0.3, -0.25) is 4.98 Å². The van der Waals surface area contributed by atoms with Crippen LogP contribution in [-0.2, 0) is 0 Å². The molecule has 0 fully saturated rings. The largest absolute Gasteiger partial charge is 0.478 e. The molecule has 0 aliphatic carbocycles. The first-order chi connectivity index (χ1) is 8.58. The number of ether oxygens (including phenoxy) is 1. The van der Waals surface area contributed by atoms with E-state index in [0.29, 0.717) is 5.75 Å². The Morgan fingerprint density at radius 1 is 1.33 bits per heavy atom. The van der Waals surface area contributed by atoms with Gasteiger partial charge in [-0.25, -0.2) is 9.18 Å². The average molecular weight is 247 g/mol. The van der Waals surface area contributed by atoms with E-state index in [1.165, 1.54) is 12.3 Å². The summed E-state index contributed by atoms with van der Waals surface area (Å²) in [5.41, 5.74) is 0.644. The maximum absolute atomic E-state index is 13.1. The SMILES string of the molecule is Cc1cnccc1Oc1cc(F)ccc1C(=O)O. The lowest BCUT2D eigenvalue weighted by molar-refractivity contribution is 0.0694. The first-order valence-corrected chi connectivity index (χ1v) is 5.19. The summed E-state index contributed by atoms with van der Waals surface area (Å²) in [5, 5.41) is 8.99. The number of aromatic nitrogens is 1. The molecular formula is C13H10FNO3. The van der Waals surface area contributed by atoms with Crippen LogP contribution in [0.5, 0.6) is 11.5 Å². The van der Waals surface area contributed by atoms with Gasteiger partial charge in [0.1, 0.15) is 22.9 Å². The van der Waals surface area contributed by atoms with Gasteiger partial charge < -0.3 is 9.84 Å². The zero-order valence-electron chi connectivity index (χ0n) is 9.55. The first kappa shape index (κ1) is 12.0. The van der Waals surface area contributed by atoms with Crippen LogP contribution in [0.2, 0.25) is 0 Å². The number of nitrogens with zero attached hydrogens (tertiary/aromatic N) is 1. The predicted octanol–water partition coefficient (Wildman–Crippen LogP) is 3.02. The zero-order chi connectivity index (χ0) is 13.1. The summed E-state index contributed by atoms with van der Waals surface area (Å²) in [6.45, 7) is 1.77. The molecule has 0 spiro atoms. The van der Waals surface area contributed by atoms with E-state index in [4.69, 9.17) is 9.84 Å². The van der Waals surface area contributed by atoms with E-state index in [1.54, 1.807) is 19.2 Å². The quantitative estimate of drug-likeness (QED) is 0.905. The van der Waals surface area contributed by atoms with Gasteiger partial charge in [-0.15, -0.1) is 0 Å². The second kappa shape index (κ2) is 4.83. The summed E-state index contributed by atoms with van der Waals surface area (Å²) < 4.78 is 18.6. The van der Waals surface area contributed by atoms with Crippen LogP contribution in [0.3, 0.4) is 0 Å². The lowest BCUT2D eigenvalue weighted by atomic mass is 10.2. The number of rotatable bonds is 3. The third kappa shape index (κ3) is 2.45. The van der Waals surface area contributed by atoms with E-state index >= 15 is 0 Å². The van der Waals surface area contributed by atoms with Gasteiger partial charge in [0.2, 0.25) is 0 Å². The molecule has 0 amide bonds. The van der Waals surface area contributed by atoms with Crippen LogP contribution >= 0.6 is 0 Å². The van der Waals surface area contributed by atoms with E-state index in [1.807, 2.05) is 0 Å². The third-order valence-corrected chi connectivity index (χ3v) is 2.36. The van der Waals surface area contributed by atoms with Crippen LogP contribution in [0.15, 0.2) is 36.7 Å². The molecule has 0 radical (unpaired) electrons. The molecule has 0 aliphatic heterocycles. The van der Waals surface area contributed by atoms with Crippen molar-refractivity contribution in [2.75, 3.05) is 0 Å². The Kier molecular flexibility index (Phi) is 3.23. The summed E-state index contributed by atoms with van der Waals surface area (Å²) >= 11 is 0. The minimum atomic E-state index is -1.17. The maximum Gasteiger partial charge on any atom is 0.339 e. The highest BCUT2D eigenvalue weighted by Gasteiger charge is 2.13. The van der Waals surface area contributed by atoms with Gasteiger partial charge in [-0.05, 0) is 25.1 Å². The Morgan fingerprint density at radius 3 is 2.78 bits per heavy atom. The molecule has 0 saturated carbocycles. The molecule has 1 N–H and O–H groups in total. The van der Waals surface area contributed by atoms with Crippen LogP contribution in [0.25, 0.3) is 0 Å². The zero-order valence-corrected chi connectivity index (χ0v) is 9.55. The van der Waals surface area contributed by atoms with Crippen LogP contribution < -0.4 is 4.74 Å². The van der Waals surface area contributed by atoms with Crippen molar-refractivity contribution in [3.05, 3.63) is 53.6 Å². The molecule has 1 aromatic heterocycles. The van der Waals surface area contributed by atoms with Crippen molar-refractivity contribution in [2.45, 2.75) is 6.92 Å². The normalized spacial score (nSPS) is 10.1. The Balaban J connectivity index is 2.42. The Bertz CT molecular complexity index is 599. The monoisotopic (exact) mass is 247 g/mol. The molecule has 1 aromatic carbocycles. The number of hydrogen-bond donors (Lipinski definition) is 1. The van der Waals surface area contributed by atoms with Crippen molar-refractivity contribution in [2.24, 2.45) is 0 Å². The van der Waals surface area contributed by atoms with Gasteiger partial charge in [0, 0.05) is 24.0 Å². The Hall–Kier alpha value is -2.43. The van der Waals surface area contributed by atoms with Gasteiger partial charge in [-0.2, -0.15) is 0 Å². The number of benzene rings is 1. The molecule has 0 atom stereocenters.